The summed E-state index contributed by atoms with van der Waals surface area (Å²) in [6.45, 7) is 1.04. The number of fused-ring (bicyclic) bond motifs is 1. The van der Waals surface area contributed by atoms with Crippen molar-refractivity contribution in [2.75, 3.05) is 6.61 Å². The third kappa shape index (κ3) is 6.39. The van der Waals surface area contributed by atoms with Gasteiger partial charge >= 0.3 is 0 Å². The molecule has 3 rings (SSSR count). The van der Waals surface area contributed by atoms with Crippen molar-refractivity contribution in [3.05, 3.63) is 88.7 Å². The Kier molecular flexibility index (Phi) is 9.79. The van der Waals surface area contributed by atoms with Gasteiger partial charge in [0.2, 0.25) is 0 Å². The number of pyridine rings is 1. The first kappa shape index (κ1) is 27.1. The molecule has 1 aromatic carbocycles. The average molecular weight is 510 g/mol. The number of hydroxylamine groups is 1. The van der Waals surface area contributed by atoms with Gasteiger partial charge in [0.25, 0.3) is 11.8 Å². The molecule has 2 heterocycles. The molecule has 36 heavy (non-hydrogen) atoms. The topological polar surface area (TPSA) is 112 Å². The number of halogens is 1. The van der Waals surface area contributed by atoms with Gasteiger partial charge < -0.3 is 15.1 Å². The second kappa shape index (κ2) is 13.0. The van der Waals surface area contributed by atoms with E-state index in [2.05, 4.69) is 16.4 Å². The normalized spacial score (nSPS) is 19.5. The van der Waals surface area contributed by atoms with Gasteiger partial charge in [-0.05, 0) is 43.2 Å². The number of amides is 2. The molecule has 0 spiro atoms. The maximum Gasteiger partial charge on any atom is 0.254 e. The number of nitrogens with zero attached hydrogens (tertiary/aromatic N) is 2. The molecule has 8 nitrogen and oxygen atoms in total. The van der Waals surface area contributed by atoms with Crippen LogP contribution in [0.1, 0.15) is 40.9 Å². The number of carbonyl (C=O) groups is 2. The first-order chi connectivity index (χ1) is 17.4. The van der Waals surface area contributed by atoms with Crippen LogP contribution < -0.4 is 5.48 Å². The van der Waals surface area contributed by atoms with Crippen molar-refractivity contribution in [1.29, 1.82) is 0 Å². The molecule has 0 radical (unpaired) electrons. The quantitative estimate of drug-likeness (QED) is 0.258. The Labute approximate surface area is 215 Å². The van der Waals surface area contributed by atoms with Crippen molar-refractivity contribution in [2.24, 2.45) is 0 Å². The summed E-state index contributed by atoms with van der Waals surface area (Å²) >= 11 is 6.08. The Morgan fingerprint density at radius 3 is 2.75 bits per heavy atom. The highest BCUT2D eigenvalue weighted by atomic mass is 35.5. The van der Waals surface area contributed by atoms with Gasteiger partial charge in [-0.2, -0.15) is 0 Å². The lowest BCUT2D eigenvalue weighted by Gasteiger charge is -2.45. The lowest BCUT2D eigenvalue weighted by atomic mass is 9.79. The number of hydrogen-bond donors (Lipinski definition) is 3. The molecular weight excluding hydrogens is 482 g/mol. The Bertz CT molecular complexity index is 1160. The maximum absolute atomic E-state index is 13.5. The molecule has 0 fully saturated rings. The highest BCUT2D eigenvalue weighted by Gasteiger charge is 2.46. The van der Waals surface area contributed by atoms with Crippen LogP contribution in [0.3, 0.4) is 0 Å². The fourth-order valence-electron chi connectivity index (χ4n) is 4.23. The van der Waals surface area contributed by atoms with Gasteiger partial charge in [-0.3, -0.25) is 19.4 Å². The Hall–Kier alpha value is -3.48. The van der Waals surface area contributed by atoms with E-state index in [0.29, 0.717) is 21.9 Å². The molecule has 0 saturated carbocycles. The van der Waals surface area contributed by atoms with Crippen molar-refractivity contribution >= 4 is 23.4 Å². The van der Waals surface area contributed by atoms with Gasteiger partial charge in [0.05, 0.1) is 36.4 Å². The number of benzene rings is 1. The summed E-state index contributed by atoms with van der Waals surface area (Å²) < 4.78 is 0. The van der Waals surface area contributed by atoms with Crippen molar-refractivity contribution in [1.82, 2.24) is 15.4 Å². The molecule has 2 aromatic rings. The van der Waals surface area contributed by atoms with E-state index in [9.17, 15) is 19.8 Å². The lowest BCUT2D eigenvalue weighted by Crippen LogP contribution is -2.59. The lowest BCUT2D eigenvalue weighted by molar-refractivity contribution is -0.138. The van der Waals surface area contributed by atoms with Gasteiger partial charge in [-0.15, -0.1) is 6.42 Å². The zero-order chi connectivity index (χ0) is 26.1. The number of allylic oxidation sites excluding steroid dienone is 3. The highest BCUT2D eigenvalue weighted by Crippen LogP contribution is 2.37. The van der Waals surface area contributed by atoms with Crippen LogP contribution in [0.5, 0.6) is 0 Å². The van der Waals surface area contributed by atoms with Crippen LogP contribution in [-0.4, -0.2) is 56.7 Å². The van der Waals surface area contributed by atoms with Gasteiger partial charge in [0.1, 0.15) is 6.61 Å². The molecule has 9 heteroatoms. The van der Waals surface area contributed by atoms with E-state index in [0.717, 1.165) is 0 Å². The fraction of sp³-hybridized carbons (Fsp3) is 0.296. The van der Waals surface area contributed by atoms with Crippen LogP contribution in [0.2, 0.25) is 0 Å². The molecule has 0 bridgehead atoms. The van der Waals surface area contributed by atoms with Crippen molar-refractivity contribution < 1.29 is 24.6 Å². The van der Waals surface area contributed by atoms with Gasteiger partial charge in [-0.1, -0.05) is 47.9 Å². The van der Waals surface area contributed by atoms with E-state index >= 15 is 0 Å². The van der Waals surface area contributed by atoms with E-state index in [1.807, 2.05) is 6.07 Å². The molecule has 0 saturated heterocycles. The molecule has 1 aliphatic rings. The van der Waals surface area contributed by atoms with Crippen LogP contribution in [0.4, 0.5) is 0 Å². The van der Waals surface area contributed by atoms with Crippen molar-refractivity contribution in [3.8, 4) is 12.3 Å². The Balaban J connectivity index is 1.98. The molecule has 0 aliphatic carbocycles. The molecule has 1 aliphatic heterocycles. The summed E-state index contributed by atoms with van der Waals surface area (Å²) in [4.78, 5) is 38.0. The average Bonchev–Trinajstić information content (AvgIpc) is 2.87. The van der Waals surface area contributed by atoms with Crippen LogP contribution in [0, 0.1) is 12.3 Å². The number of aliphatic hydroxyl groups excluding tert-OH is 2. The molecule has 4 atom stereocenters. The van der Waals surface area contributed by atoms with Crippen LogP contribution in [0.25, 0.3) is 0 Å². The summed E-state index contributed by atoms with van der Waals surface area (Å²) in [7, 11) is 0. The van der Waals surface area contributed by atoms with E-state index in [1.54, 1.807) is 54.7 Å². The number of carbonyl (C=O) groups excluding carboxylic acids is 2. The number of terminal acetylenes is 1. The van der Waals surface area contributed by atoms with Gasteiger partial charge in [0.15, 0.2) is 0 Å². The number of nitrogens with one attached hydrogen (secondary N) is 1. The monoisotopic (exact) mass is 509 g/mol. The fourth-order valence-corrected chi connectivity index (χ4v) is 4.38. The van der Waals surface area contributed by atoms with Crippen LogP contribution >= 0.6 is 11.6 Å². The third-order valence-electron chi connectivity index (χ3n) is 5.88. The van der Waals surface area contributed by atoms with Crippen LogP contribution in [-0.2, 0) is 16.2 Å². The van der Waals surface area contributed by atoms with Gasteiger partial charge in [-0.25, -0.2) is 5.48 Å². The molecule has 3 N–H and O–H groups in total. The van der Waals surface area contributed by atoms with E-state index in [1.165, 1.54) is 17.9 Å². The Morgan fingerprint density at radius 1 is 1.33 bits per heavy atom. The molecule has 1 aromatic heterocycles. The summed E-state index contributed by atoms with van der Waals surface area (Å²) in [6, 6.07) is 10.4. The number of aliphatic hydroxyl groups is 2. The molecule has 188 valence electrons. The third-order valence-corrected chi connectivity index (χ3v) is 6.12. The molecule has 2 amide bonds. The minimum absolute atomic E-state index is 0.0492. The zero-order valence-corrected chi connectivity index (χ0v) is 20.5. The SMILES string of the molecule is C#C/C=C(Cl)\C=C/C[C@@H]1[C@@H](C(=O)NOCc2ccccn2)c2ccccc2C(=O)N1[C@H](CO)[C@@H](C)O. The van der Waals surface area contributed by atoms with E-state index < -0.39 is 42.5 Å². The Morgan fingerprint density at radius 2 is 2.08 bits per heavy atom. The summed E-state index contributed by atoms with van der Waals surface area (Å²) in [6.07, 6.45) is 10.7. The number of rotatable bonds is 10. The van der Waals surface area contributed by atoms with Crippen LogP contribution in [0.15, 0.2) is 71.9 Å². The van der Waals surface area contributed by atoms with Crippen molar-refractivity contribution in [3.63, 3.8) is 0 Å². The van der Waals surface area contributed by atoms with Crippen molar-refractivity contribution in [2.45, 2.75) is 44.1 Å². The standard InChI is InChI=1S/C27H28ClN3O5/c1-3-9-19(28)10-8-14-23-25(26(34)30-36-17-20-11-6-7-15-29-20)21-12-4-5-13-22(21)27(35)31(23)24(16-32)18(2)33/h1,4-13,15,18,23-25,32-33H,14,16-17H2,2H3,(H,30,34)/b10-8-,19-9+/t18-,23-,24-,25+/m1/s1. The minimum Gasteiger partial charge on any atom is -0.394 e. The summed E-state index contributed by atoms with van der Waals surface area (Å²) in [5.41, 5.74) is 3.94. The largest absolute Gasteiger partial charge is 0.394 e. The number of hydrogen-bond acceptors (Lipinski definition) is 6. The predicted molar refractivity (Wildman–Crippen MR) is 135 cm³/mol. The second-order valence-corrected chi connectivity index (χ2v) is 8.68. The second-order valence-electron chi connectivity index (χ2n) is 8.25. The smallest absolute Gasteiger partial charge is 0.254 e. The van der Waals surface area contributed by atoms with E-state index in [-0.39, 0.29) is 13.0 Å². The van der Waals surface area contributed by atoms with E-state index in [4.69, 9.17) is 22.9 Å². The summed E-state index contributed by atoms with van der Waals surface area (Å²) in [5.74, 6) is 0.584. The minimum atomic E-state index is -1.05. The highest BCUT2D eigenvalue weighted by molar-refractivity contribution is 6.31. The number of aromatic nitrogens is 1. The zero-order valence-electron chi connectivity index (χ0n) is 19.8. The molecule has 0 unspecified atom stereocenters. The first-order valence-electron chi connectivity index (χ1n) is 11.4. The maximum atomic E-state index is 13.5. The van der Waals surface area contributed by atoms with Gasteiger partial charge in [0, 0.05) is 22.9 Å². The molecular formula is C27H28ClN3O5. The first-order valence-corrected chi connectivity index (χ1v) is 11.8. The summed E-state index contributed by atoms with van der Waals surface area (Å²) in [5, 5.41) is 20.7. The predicted octanol–water partition coefficient (Wildman–Crippen LogP) is 2.68.